The number of furan rings is 1. The molecule has 1 saturated heterocycles. The minimum atomic E-state index is 0.0523. The van der Waals surface area contributed by atoms with E-state index in [4.69, 9.17) is 4.42 Å². The lowest BCUT2D eigenvalue weighted by Crippen LogP contribution is -2.49. The fourth-order valence-corrected chi connectivity index (χ4v) is 3.78. The van der Waals surface area contributed by atoms with Crippen LogP contribution in [-0.2, 0) is 7.05 Å². The molecule has 4 heterocycles. The first-order valence-corrected chi connectivity index (χ1v) is 8.85. The van der Waals surface area contributed by atoms with Gasteiger partial charge in [0.1, 0.15) is 11.5 Å². The molecule has 3 aromatic rings. The van der Waals surface area contributed by atoms with Gasteiger partial charge in [-0.1, -0.05) is 0 Å². The largest absolute Gasteiger partial charge is 0.466 e. The SMILES string of the molecule is Cc1cc(C(=O)N2CCN(c3ccnc4c3c(C)nn4C)CC2)c(C)o1. The van der Waals surface area contributed by atoms with E-state index in [1.807, 2.05) is 55.7 Å². The van der Waals surface area contributed by atoms with E-state index in [1.54, 1.807) is 0 Å². The van der Waals surface area contributed by atoms with Gasteiger partial charge in [0.25, 0.3) is 5.91 Å². The van der Waals surface area contributed by atoms with Crippen LogP contribution in [0.3, 0.4) is 0 Å². The highest BCUT2D eigenvalue weighted by molar-refractivity contribution is 5.96. The van der Waals surface area contributed by atoms with E-state index in [0.29, 0.717) is 24.4 Å². The lowest BCUT2D eigenvalue weighted by Gasteiger charge is -2.36. The van der Waals surface area contributed by atoms with Crippen molar-refractivity contribution in [2.24, 2.45) is 7.05 Å². The minimum absolute atomic E-state index is 0.0523. The Balaban J connectivity index is 1.54. The smallest absolute Gasteiger partial charge is 0.257 e. The number of nitrogens with zero attached hydrogens (tertiary/aromatic N) is 5. The van der Waals surface area contributed by atoms with Gasteiger partial charge in [-0.05, 0) is 32.9 Å². The molecule has 0 saturated carbocycles. The third kappa shape index (κ3) is 2.64. The van der Waals surface area contributed by atoms with E-state index in [0.717, 1.165) is 41.3 Å². The van der Waals surface area contributed by atoms with E-state index in [-0.39, 0.29) is 5.91 Å². The predicted molar refractivity (Wildman–Crippen MR) is 99.5 cm³/mol. The monoisotopic (exact) mass is 353 g/mol. The first kappa shape index (κ1) is 16.6. The summed E-state index contributed by atoms with van der Waals surface area (Å²) in [5.74, 6) is 1.52. The van der Waals surface area contributed by atoms with Gasteiger partial charge in [0.15, 0.2) is 5.65 Å². The molecule has 0 bridgehead atoms. The molecule has 0 spiro atoms. The quantitative estimate of drug-likeness (QED) is 0.708. The summed E-state index contributed by atoms with van der Waals surface area (Å²) in [5, 5.41) is 5.59. The Bertz CT molecular complexity index is 979. The van der Waals surface area contributed by atoms with Crippen LogP contribution in [0.4, 0.5) is 5.69 Å². The molecule has 0 radical (unpaired) electrons. The standard InChI is InChI=1S/C19H23N5O2/c1-12-11-15(14(3)26-12)19(25)24-9-7-23(8-10-24)16-5-6-20-18-17(16)13(2)21-22(18)4/h5-6,11H,7-10H2,1-4H3. The summed E-state index contributed by atoms with van der Waals surface area (Å²) in [7, 11) is 1.91. The van der Waals surface area contributed by atoms with Crippen LogP contribution in [0.15, 0.2) is 22.7 Å². The first-order valence-electron chi connectivity index (χ1n) is 8.85. The van der Waals surface area contributed by atoms with Crippen LogP contribution in [-0.4, -0.2) is 51.8 Å². The molecule has 4 rings (SSSR count). The number of rotatable bonds is 2. The van der Waals surface area contributed by atoms with E-state index in [1.165, 1.54) is 0 Å². The summed E-state index contributed by atoms with van der Waals surface area (Å²) >= 11 is 0. The van der Waals surface area contributed by atoms with Crippen molar-refractivity contribution in [3.63, 3.8) is 0 Å². The van der Waals surface area contributed by atoms with Crippen molar-refractivity contribution >= 4 is 22.6 Å². The number of carbonyl (C=O) groups excluding carboxylic acids is 1. The van der Waals surface area contributed by atoms with E-state index in [9.17, 15) is 4.79 Å². The fraction of sp³-hybridized carbons (Fsp3) is 0.421. The molecule has 1 aliphatic heterocycles. The second-order valence-electron chi connectivity index (χ2n) is 6.84. The molecule has 0 aromatic carbocycles. The Morgan fingerprint density at radius 1 is 1.15 bits per heavy atom. The van der Waals surface area contributed by atoms with Crippen molar-refractivity contribution in [2.75, 3.05) is 31.1 Å². The molecule has 0 aliphatic carbocycles. The summed E-state index contributed by atoms with van der Waals surface area (Å²) in [6, 6.07) is 3.87. The summed E-state index contributed by atoms with van der Waals surface area (Å²) in [4.78, 5) is 21.4. The molecule has 1 amide bonds. The number of amides is 1. The van der Waals surface area contributed by atoms with E-state index >= 15 is 0 Å². The molecule has 26 heavy (non-hydrogen) atoms. The Morgan fingerprint density at radius 3 is 2.54 bits per heavy atom. The van der Waals surface area contributed by atoms with Crippen LogP contribution in [0, 0.1) is 20.8 Å². The second kappa shape index (κ2) is 6.16. The zero-order valence-electron chi connectivity index (χ0n) is 15.6. The molecule has 3 aromatic heterocycles. The molecular formula is C19H23N5O2. The maximum Gasteiger partial charge on any atom is 0.257 e. The number of aryl methyl sites for hydroxylation is 4. The van der Waals surface area contributed by atoms with Crippen LogP contribution >= 0.6 is 0 Å². The van der Waals surface area contributed by atoms with Gasteiger partial charge >= 0.3 is 0 Å². The zero-order valence-corrected chi connectivity index (χ0v) is 15.6. The second-order valence-corrected chi connectivity index (χ2v) is 6.84. The lowest BCUT2D eigenvalue weighted by molar-refractivity contribution is 0.0745. The number of hydrogen-bond donors (Lipinski definition) is 0. The number of piperazine rings is 1. The number of pyridine rings is 1. The highest BCUT2D eigenvalue weighted by Gasteiger charge is 2.26. The van der Waals surface area contributed by atoms with Gasteiger partial charge in [0.2, 0.25) is 0 Å². The van der Waals surface area contributed by atoms with E-state index < -0.39 is 0 Å². The first-order chi connectivity index (χ1) is 12.5. The number of carbonyl (C=O) groups is 1. The molecule has 7 nitrogen and oxygen atoms in total. The average molecular weight is 353 g/mol. The molecule has 1 aliphatic rings. The molecule has 0 N–H and O–H groups in total. The third-order valence-corrected chi connectivity index (χ3v) is 5.06. The average Bonchev–Trinajstić information content (AvgIpc) is 3.13. The number of aromatic nitrogens is 3. The molecule has 0 unspecified atom stereocenters. The fourth-order valence-electron chi connectivity index (χ4n) is 3.78. The van der Waals surface area contributed by atoms with Gasteiger partial charge in [-0.2, -0.15) is 5.10 Å². The third-order valence-electron chi connectivity index (χ3n) is 5.06. The van der Waals surface area contributed by atoms with Crippen LogP contribution in [0.1, 0.15) is 27.6 Å². The van der Waals surface area contributed by atoms with Crippen molar-refractivity contribution in [1.82, 2.24) is 19.7 Å². The summed E-state index contributed by atoms with van der Waals surface area (Å²) < 4.78 is 7.32. The van der Waals surface area contributed by atoms with Gasteiger partial charge in [-0.3, -0.25) is 9.48 Å². The molecule has 0 atom stereocenters. The molecule has 7 heteroatoms. The normalized spacial score (nSPS) is 15.1. The number of fused-ring (bicyclic) bond motifs is 1. The van der Waals surface area contributed by atoms with Gasteiger partial charge in [0.05, 0.1) is 22.3 Å². The van der Waals surface area contributed by atoms with Gasteiger partial charge in [-0.15, -0.1) is 0 Å². The highest BCUT2D eigenvalue weighted by Crippen LogP contribution is 2.29. The maximum atomic E-state index is 12.8. The summed E-state index contributed by atoms with van der Waals surface area (Å²) in [6.45, 7) is 8.67. The topological polar surface area (TPSA) is 67.4 Å². The lowest BCUT2D eigenvalue weighted by atomic mass is 10.1. The molecule has 1 fully saturated rings. The van der Waals surface area contributed by atoms with Gasteiger partial charge in [-0.25, -0.2) is 4.98 Å². The Kier molecular flexibility index (Phi) is 3.94. The van der Waals surface area contributed by atoms with E-state index in [2.05, 4.69) is 15.0 Å². The maximum absolute atomic E-state index is 12.8. The zero-order chi connectivity index (χ0) is 18.4. The number of anilines is 1. The minimum Gasteiger partial charge on any atom is -0.466 e. The van der Waals surface area contributed by atoms with Crippen molar-refractivity contribution in [2.45, 2.75) is 20.8 Å². The van der Waals surface area contributed by atoms with Gasteiger partial charge < -0.3 is 14.2 Å². The Labute approximate surface area is 152 Å². The van der Waals surface area contributed by atoms with Crippen LogP contribution < -0.4 is 4.90 Å². The number of hydrogen-bond acceptors (Lipinski definition) is 5. The Morgan fingerprint density at radius 2 is 1.88 bits per heavy atom. The van der Waals surface area contributed by atoms with Crippen molar-refractivity contribution in [1.29, 1.82) is 0 Å². The molecule has 136 valence electrons. The summed E-state index contributed by atoms with van der Waals surface area (Å²) in [5.41, 5.74) is 3.69. The summed E-state index contributed by atoms with van der Waals surface area (Å²) in [6.07, 6.45) is 1.83. The van der Waals surface area contributed by atoms with Crippen molar-refractivity contribution in [3.05, 3.63) is 41.1 Å². The van der Waals surface area contributed by atoms with Crippen molar-refractivity contribution < 1.29 is 9.21 Å². The van der Waals surface area contributed by atoms with Crippen LogP contribution in [0.2, 0.25) is 0 Å². The predicted octanol–water partition coefficient (Wildman–Crippen LogP) is 2.45. The highest BCUT2D eigenvalue weighted by atomic mass is 16.3. The van der Waals surface area contributed by atoms with Crippen LogP contribution in [0.5, 0.6) is 0 Å². The Hall–Kier alpha value is -2.83. The van der Waals surface area contributed by atoms with Crippen LogP contribution in [0.25, 0.3) is 11.0 Å². The molecular weight excluding hydrogens is 330 g/mol. The van der Waals surface area contributed by atoms with Crippen molar-refractivity contribution in [3.8, 4) is 0 Å². The van der Waals surface area contributed by atoms with Gasteiger partial charge in [0, 0.05) is 39.4 Å².